The Balaban J connectivity index is 0.00000202. The van der Waals surface area contributed by atoms with Gasteiger partial charge in [-0.15, -0.1) is 0 Å². The van der Waals surface area contributed by atoms with E-state index in [1.54, 1.807) is 31.2 Å². The van der Waals surface area contributed by atoms with Gasteiger partial charge in [0.05, 0.1) is 19.5 Å². The fraction of sp³-hybridized carbons (Fsp3) is 0.649. The number of unbranched alkanes of at least 4 members (excludes halogenated alkanes) is 1. The first-order valence-electron chi connectivity index (χ1n) is 28.5. The van der Waals surface area contributed by atoms with E-state index in [0.29, 0.717) is 86.6 Å². The molecule has 0 bridgehead atoms. The molecule has 1 aliphatic heterocycles. The molecule has 4 atom stereocenters. The molecule has 0 aromatic heterocycles. The van der Waals surface area contributed by atoms with E-state index in [1.165, 1.54) is 35.6 Å². The van der Waals surface area contributed by atoms with E-state index in [0.717, 1.165) is 72.2 Å². The topological polar surface area (TPSA) is 298 Å². The maximum Gasteiger partial charge on any atom is 0.488 e. The molecule has 0 aliphatic carbocycles. The zero-order valence-electron chi connectivity index (χ0n) is 49.4. The first-order valence-corrected chi connectivity index (χ1v) is 29.9. The second-order valence-electron chi connectivity index (χ2n) is 19.9. The van der Waals surface area contributed by atoms with Crippen molar-refractivity contribution in [2.45, 2.75) is 183 Å². The number of carbonyl (C=O) groups is 8. The Morgan fingerprint density at radius 2 is 1.37 bits per heavy atom. The lowest BCUT2D eigenvalue weighted by Gasteiger charge is -2.26. The Bertz CT molecular complexity index is 2290. The summed E-state index contributed by atoms with van der Waals surface area (Å²) in [7, 11) is -4.26. The molecule has 1 aliphatic rings. The van der Waals surface area contributed by atoms with E-state index in [9.17, 15) is 55.7 Å². The average Bonchev–Trinajstić information content (AvgIpc) is 3.90. The van der Waals surface area contributed by atoms with Crippen molar-refractivity contribution in [3.63, 3.8) is 0 Å². The molecule has 1 saturated heterocycles. The van der Waals surface area contributed by atoms with Gasteiger partial charge in [0, 0.05) is 50.4 Å². The largest absolute Gasteiger partial charge is 0.488 e. The molecule has 3 rings (SSSR count). The van der Waals surface area contributed by atoms with Crippen molar-refractivity contribution >= 4 is 65.2 Å². The minimum absolute atomic E-state index is 0.0785. The molecule has 457 valence electrons. The number of nitrogens with zero attached hydrogens (tertiary/aromatic N) is 3. The number of Topliss-reactive ketones (excluding diaryl/α,β-unsaturated/α-hetero) is 1. The van der Waals surface area contributed by atoms with Gasteiger partial charge in [-0.1, -0.05) is 90.0 Å². The molecular formula is C57H94BFN7O14S. The van der Waals surface area contributed by atoms with E-state index >= 15 is 0 Å². The zero-order valence-corrected chi connectivity index (χ0v) is 50.3. The van der Waals surface area contributed by atoms with Gasteiger partial charge < -0.3 is 45.6 Å². The Hall–Kier alpha value is -5.98. The van der Waals surface area contributed by atoms with Crippen molar-refractivity contribution in [3.8, 4) is 5.75 Å². The lowest BCUT2D eigenvalue weighted by molar-refractivity contribution is -0.139. The van der Waals surface area contributed by atoms with Crippen LogP contribution in [-0.2, 0) is 57.0 Å². The number of carboxylic acids is 2. The monoisotopic (exact) mass is 1160 g/mol. The van der Waals surface area contributed by atoms with Crippen LogP contribution in [0.4, 0.5) is 3.89 Å². The third-order valence-corrected chi connectivity index (χ3v) is 13.1. The molecule has 2 aromatic carbocycles. The van der Waals surface area contributed by atoms with Gasteiger partial charge in [-0.2, -0.15) is 8.42 Å². The standard InChI is InChI=1S/C37H53BFN6O9S.C11H23NO2.C5H10O.C4H8O2/c1-4-19-44(20-5-2)25-34(47)40-18-7-6-12-31(43-33(46)23-28-10-8-11-30(22-28)54-55(39,52)53)36(49)41-24-27-14-16-29(17-15-27)35(48)42-26(3)37(50)45-21-9-13-32(45)38-51;1-4-7-12(9-11(13)14)8-6-10(3)5-2;1-3-5(6)4-2;1-2-3-4(5)6/h8,10-11,14-17,22,26,31-32,51H,4-7,9,12-13,18-21,23-25H2,1-3H3,(H,40,47)(H,41,49)(H,42,48)(H,43,46);10H,4-9H2,1-3H3,(H,13,14);3-4H2,1-2H3;2-3H2,1H3,(H,5,6). The van der Waals surface area contributed by atoms with Crippen LogP contribution in [0, 0.1) is 5.92 Å². The van der Waals surface area contributed by atoms with Gasteiger partial charge in [0.1, 0.15) is 23.6 Å². The number of carboxylic acid groups (broad SMARTS) is 2. The van der Waals surface area contributed by atoms with Crippen LogP contribution in [0.1, 0.15) is 174 Å². The normalized spacial score (nSPS) is 13.8. The van der Waals surface area contributed by atoms with Crippen molar-refractivity contribution in [1.29, 1.82) is 0 Å². The maximum absolute atomic E-state index is 13.4. The van der Waals surface area contributed by atoms with E-state index in [4.69, 9.17) is 10.2 Å². The summed E-state index contributed by atoms with van der Waals surface area (Å²) in [5.74, 6) is -2.91. The van der Waals surface area contributed by atoms with Crippen molar-refractivity contribution in [1.82, 2.24) is 36.0 Å². The highest BCUT2D eigenvalue weighted by Crippen LogP contribution is 2.19. The number of aliphatic carboxylic acids is 2. The second kappa shape index (κ2) is 43.7. The van der Waals surface area contributed by atoms with Crippen LogP contribution in [0.5, 0.6) is 5.75 Å². The number of amides is 5. The number of benzene rings is 2. The number of rotatable bonds is 35. The molecule has 21 nitrogen and oxygen atoms in total. The van der Waals surface area contributed by atoms with Crippen LogP contribution in [0.15, 0.2) is 48.5 Å². The van der Waals surface area contributed by atoms with Crippen LogP contribution >= 0.6 is 0 Å². The van der Waals surface area contributed by atoms with E-state index in [2.05, 4.69) is 65.0 Å². The summed E-state index contributed by atoms with van der Waals surface area (Å²) in [6.45, 7) is 22.7. The van der Waals surface area contributed by atoms with Gasteiger partial charge in [0.2, 0.25) is 23.6 Å². The summed E-state index contributed by atoms with van der Waals surface area (Å²) in [6, 6.07) is 10.0. The van der Waals surface area contributed by atoms with E-state index < -0.39 is 52.2 Å². The van der Waals surface area contributed by atoms with Gasteiger partial charge >= 0.3 is 29.9 Å². The van der Waals surface area contributed by atoms with E-state index in [-0.39, 0.29) is 49.4 Å². The molecule has 1 radical (unpaired) electrons. The molecule has 4 unspecified atom stereocenters. The van der Waals surface area contributed by atoms with Crippen molar-refractivity contribution in [2.24, 2.45) is 5.92 Å². The molecule has 7 N–H and O–H groups in total. The summed E-state index contributed by atoms with van der Waals surface area (Å²) >= 11 is 0. The fourth-order valence-electron chi connectivity index (χ4n) is 8.13. The molecule has 0 spiro atoms. The van der Waals surface area contributed by atoms with Gasteiger partial charge in [-0.25, -0.2) is 0 Å². The van der Waals surface area contributed by atoms with Crippen LogP contribution in [-0.4, -0.2) is 163 Å². The predicted octanol–water partition coefficient (Wildman–Crippen LogP) is 6.18. The number of halogens is 1. The molecule has 24 heteroatoms. The van der Waals surface area contributed by atoms with Crippen molar-refractivity contribution < 1.29 is 70.1 Å². The van der Waals surface area contributed by atoms with Gasteiger partial charge in [0.15, 0.2) is 0 Å². The third-order valence-electron chi connectivity index (χ3n) is 12.7. The first-order chi connectivity index (χ1) is 38.4. The van der Waals surface area contributed by atoms with Crippen molar-refractivity contribution in [3.05, 3.63) is 65.2 Å². The average molecular weight is 1160 g/mol. The molecule has 2 aromatic rings. The van der Waals surface area contributed by atoms with Gasteiger partial charge in [-0.3, -0.25) is 48.2 Å². The highest BCUT2D eigenvalue weighted by molar-refractivity contribution is 7.81. The maximum atomic E-state index is 13.4. The summed E-state index contributed by atoms with van der Waals surface area (Å²) in [4.78, 5) is 101. The van der Waals surface area contributed by atoms with Crippen molar-refractivity contribution in [2.75, 3.05) is 52.4 Å². The lowest BCUT2D eigenvalue weighted by Crippen LogP contribution is -2.49. The Kier molecular flexibility index (Phi) is 40.5. The van der Waals surface area contributed by atoms with Crippen LogP contribution in [0.3, 0.4) is 0 Å². The summed E-state index contributed by atoms with van der Waals surface area (Å²) in [6.07, 6.45) is 10.1. The molecule has 1 fully saturated rings. The first kappa shape index (κ1) is 75.0. The molecule has 5 amide bonds. The van der Waals surface area contributed by atoms with Crippen LogP contribution in [0.25, 0.3) is 0 Å². The summed E-state index contributed by atoms with van der Waals surface area (Å²) in [5, 5.41) is 37.2. The quantitative estimate of drug-likeness (QED) is 0.0230. The molecule has 81 heavy (non-hydrogen) atoms. The molecule has 0 saturated carbocycles. The molecule has 1 heterocycles. The summed E-state index contributed by atoms with van der Waals surface area (Å²) in [5.41, 5.74) is 1.30. The number of likely N-dealkylation sites (tertiary alicyclic amines) is 1. The molecular weight excluding hydrogens is 1070 g/mol. The second-order valence-corrected chi connectivity index (χ2v) is 20.9. The minimum Gasteiger partial charge on any atom is -0.481 e. The SMILES string of the molecule is CCC(=O)CC.CCCC(=O)O.CCCN(CCC(C)CC)CC(=O)O.CCCN(CCC)CC(=O)NCCCCC(NC(=O)Cc1cccc(OS(=O)(=O)F)c1)C(=O)NCc1ccc(C(=O)NC(C)C(=O)N2CCCC2[B]O)cc1. The fourth-order valence-corrected chi connectivity index (χ4v) is 8.46. The highest BCUT2D eigenvalue weighted by Gasteiger charge is 2.32. The minimum atomic E-state index is -5.26. The van der Waals surface area contributed by atoms with Gasteiger partial charge in [-0.05, 0) is 139 Å². The predicted molar refractivity (Wildman–Crippen MR) is 311 cm³/mol. The highest BCUT2D eigenvalue weighted by atomic mass is 32.3. The van der Waals surface area contributed by atoms with E-state index in [1.807, 2.05) is 25.7 Å². The van der Waals surface area contributed by atoms with Gasteiger partial charge in [0.25, 0.3) is 5.91 Å². The third kappa shape index (κ3) is 36.2. The number of nitrogens with one attached hydrogen (secondary N) is 4. The van der Waals surface area contributed by atoms with Crippen LogP contribution in [0.2, 0.25) is 0 Å². The smallest absolute Gasteiger partial charge is 0.481 e. The number of ketones is 1. The zero-order chi connectivity index (χ0) is 61.3. The number of hydrogen-bond acceptors (Lipinski definition) is 14. The van der Waals surface area contributed by atoms with Crippen LogP contribution < -0.4 is 25.5 Å². The number of carbonyl (C=O) groups excluding carboxylic acids is 6. The Morgan fingerprint density at radius 3 is 1.88 bits per heavy atom. The summed E-state index contributed by atoms with van der Waals surface area (Å²) < 4.78 is 39.1. The lowest BCUT2D eigenvalue weighted by atomic mass is 9.86. The Labute approximate surface area is 482 Å². The Morgan fingerprint density at radius 1 is 0.753 bits per heavy atom. The number of hydrogen-bond donors (Lipinski definition) is 7.